The van der Waals surface area contributed by atoms with Crippen LogP contribution >= 0.6 is 0 Å². The van der Waals surface area contributed by atoms with Crippen LogP contribution in [-0.2, 0) is 16.2 Å². The van der Waals surface area contributed by atoms with E-state index in [9.17, 15) is 10.2 Å². The molecule has 0 aliphatic rings. The van der Waals surface area contributed by atoms with Crippen LogP contribution in [-0.4, -0.2) is 10.2 Å². The van der Waals surface area contributed by atoms with Crippen LogP contribution in [0.25, 0.3) is 5.57 Å². The Labute approximate surface area is 190 Å². The molecule has 0 fully saturated rings. The summed E-state index contributed by atoms with van der Waals surface area (Å²) < 4.78 is 0. The maximum atomic E-state index is 11.3. The lowest BCUT2D eigenvalue weighted by atomic mass is 9.75. The first-order valence-electron chi connectivity index (χ1n) is 11.3. The van der Waals surface area contributed by atoms with Gasteiger partial charge in [0.05, 0.1) is 0 Å². The van der Waals surface area contributed by atoms with Crippen LogP contribution in [0.1, 0.15) is 115 Å². The van der Waals surface area contributed by atoms with Gasteiger partial charge in [0.1, 0.15) is 11.5 Å². The molecule has 1 atom stereocenters. The average Bonchev–Trinajstić information content (AvgIpc) is 2.58. The fourth-order valence-corrected chi connectivity index (χ4v) is 3.96. The molecule has 0 spiro atoms. The summed E-state index contributed by atoms with van der Waals surface area (Å²) >= 11 is 0. The first-order chi connectivity index (χ1) is 13.9. The molecule has 0 saturated carbocycles. The molecule has 170 valence electrons. The maximum Gasteiger partial charge on any atom is 0.123 e. The summed E-state index contributed by atoms with van der Waals surface area (Å²) in [5, 5.41) is 22.6. The van der Waals surface area contributed by atoms with Crippen molar-refractivity contribution in [1.82, 2.24) is 0 Å². The second-order valence-electron chi connectivity index (χ2n) is 12.2. The highest BCUT2D eigenvalue weighted by molar-refractivity contribution is 5.67. The van der Waals surface area contributed by atoms with Gasteiger partial charge in [-0.05, 0) is 52.0 Å². The number of rotatable bonds is 3. The SMILES string of the molecule is C=C(C)c1cc(C(C)c2cc(C(C)(C)C)cc(C(C)(C)C)c2O)c(O)c(C(C)(C)C)c1. The average molecular weight is 423 g/mol. The van der Waals surface area contributed by atoms with Gasteiger partial charge < -0.3 is 10.2 Å². The van der Waals surface area contributed by atoms with Gasteiger partial charge in [-0.2, -0.15) is 0 Å². The van der Waals surface area contributed by atoms with E-state index in [4.69, 9.17) is 0 Å². The first-order valence-corrected chi connectivity index (χ1v) is 11.3. The molecule has 2 N–H and O–H groups in total. The minimum Gasteiger partial charge on any atom is -0.507 e. The molecule has 0 bridgehead atoms. The Bertz CT molecular complexity index is 989. The quantitative estimate of drug-likeness (QED) is 0.523. The van der Waals surface area contributed by atoms with Crippen LogP contribution in [0.15, 0.2) is 30.8 Å². The predicted octanol–water partition coefficient (Wildman–Crippen LogP) is 8.18. The molecule has 2 heteroatoms. The van der Waals surface area contributed by atoms with E-state index in [1.54, 1.807) is 0 Å². The normalized spacial score (nSPS) is 13.9. The van der Waals surface area contributed by atoms with Gasteiger partial charge in [0.25, 0.3) is 0 Å². The van der Waals surface area contributed by atoms with Crippen LogP contribution in [0.5, 0.6) is 11.5 Å². The van der Waals surface area contributed by atoms with Crippen LogP contribution in [0.3, 0.4) is 0 Å². The summed E-state index contributed by atoms with van der Waals surface area (Å²) in [6.07, 6.45) is 0. The highest BCUT2D eigenvalue weighted by Crippen LogP contribution is 2.46. The van der Waals surface area contributed by atoms with Crippen LogP contribution in [0.2, 0.25) is 0 Å². The highest BCUT2D eigenvalue weighted by Gasteiger charge is 2.29. The molecule has 0 aliphatic heterocycles. The van der Waals surface area contributed by atoms with Crippen molar-refractivity contribution < 1.29 is 10.2 Å². The number of phenols is 2. The number of allylic oxidation sites excluding steroid dienone is 1. The number of hydrogen-bond donors (Lipinski definition) is 2. The lowest BCUT2D eigenvalue weighted by Gasteiger charge is -2.30. The molecule has 0 aromatic heterocycles. The minimum atomic E-state index is -0.212. The zero-order valence-corrected chi connectivity index (χ0v) is 21.5. The summed E-state index contributed by atoms with van der Waals surface area (Å²) in [6, 6.07) is 8.31. The van der Waals surface area contributed by atoms with Crippen molar-refractivity contribution in [3.05, 3.63) is 64.2 Å². The molecule has 31 heavy (non-hydrogen) atoms. The third-order valence-corrected chi connectivity index (χ3v) is 6.19. The van der Waals surface area contributed by atoms with Gasteiger partial charge in [-0.3, -0.25) is 0 Å². The molecule has 0 radical (unpaired) electrons. The van der Waals surface area contributed by atoms with Crippen molar-refractivity contribution in [2.75, 3.05) is 0 Å². The summed E-state index contributed by atoms with van der Waals surface area (Å²) in [5.41, 5.74) is 6.22. The van der Waals surface area contributed by atoms with Crippen molar-refractivity contribution in [3.63, 3.8) is 0 Å². The van der Waals surface area contributed by atoms with Crippen molar-refractivity contribution >= 4 is 5.57 Å². The zero-order chi connectivity index (χ0) is 24.1. The monoisotopic (exact) mass is 422 g/mol. The van der Waals surface area contributed by atoms with E-state index >= 15 is 0 Å². The smallest absolute Gasteiger partial charge is 0.123 e. The van der Waals surface area contributed by atoms with E-state index in [0.29, 0.717) is 11.5 Å². The topological polar surface area (TPSA) is 40.5 Å². The summed E-state index contributed by atoms with van der Waals surface area (Å²) in [6.45, 7) is 27.5. The fraction of sp³-hybridized carbons (Fsp3) is 0.517. The van der Waals surface area contributed by atoms with Crippen LogP contribution in [0, 0.1) is 0 Å². The summed E-state index contributed by atoms with van der Waals surface area (Å²) in [5.74, 6) is 0.456. The fourth-order valence-electron chi connectivity index (χ4n) is 3.96. The molecule has 2 nitrogen and oxygen atoms in total. The third kappa shape index (κ3) is 5.17. The maximum absolute atomic E-state index is 11.3. The Kier molecular flexibility index (Phi) is 6.50. The number of phenolic OH excluding ortho intramolecular Hbond substituents is 2. The van der Waals surface area contributed by atoms with Gasteiger partial charge in [0.2, 0.25) is 0 Å². The van der Waals surface area contributed by atoms with Crippen molar-refractivity contribution in [2.45, 2.75) is 98.3 Å². The van der Waals surface area contributed by atoms with Gasteiger partial charge >= 0.3 is 0 Å². The molecular weight excluding hydrogens is 380 g/mol. The Morgan fingerprint density at radius 2 is 1.13 bits per heavy atom. The van der Waals surface area contributed by atoms with E-state index < -0.39 is 0 Å². The van der Waals surface area contributed by atoms with E-state index in [0.717, 1.165) is 33.4 Å². The Balaban J connectivity index is 2.87. The standard InChI is InChI=1S/C29H42O2/c1-17(2)19-13-21(25(30)23(14-19)28(7,8)9)18(3)22-15-20(27(4,5)6)16-24(26(22)31)29(10,11)12/h13-16,18,30-31H,1H2,2-12H3. The van der Waals surface area contributed by atoms with Gasteiger partial charge in [-0.15, -0.1) is 0 Å². The Hall–Kier alpha value is -2.22. The van der Waals surface area contributed by atoms with E-state index in [1.165, 1.54) is 5.56 Å². The number of aromatic hydroxyl groups is 2. The Morgan fingerprint density at radius 1 is 0.710 bits per heavy atom. The van der Waals surface area contributed by atoms with Crippen molar-refractivity contribution in [2.24, 2.45) is 0 Å². The molecule has 0 aliphatic carbocycles. The molecule has 0 saturated heterocycles. The van der Waals surface area contributed by atoms with E-state index in [2.05, 4.69) is 87.9 Å². The second-order valence-corrected chi connectivity index (χ2v) is 12.2. The minimum absolute atomic E-state index is 0.0552. The number of hydrogen-bond acceptors (Lipinski definition) is 2. The van der Waals surface area contributed by atoms with Gasteiger partial charge in [-0.25, -0.2) is 0 Å². The highest BCUT2D eigenvalue weighted by atomic mass is 16.3. The number of benzene rings is 2. The largest absolute Gasteiger partial charge is 0.507 e. The first kappa shape index (κ1) is 25.0. The lowest BCUT2D eigenvalue weighted by Crippen LogP contribution is -2.18. The van der Waals surface area contributed by atoms with Gasteiger partial charge in [0, 0.05) is 22.6 Å². The molecular formula is C29H42O2. The summed E-state index contributed by atoms with van der Waals surface area (Å²) in [7, 11) is 0. The van der Waals surface area contributed by atoms with Gasteiger partial charge in [0.15, 0.2) is 0 Å². The molecule has 1 unspecified atom stereocenters. The predicted molar refractivity (Wildman–Crippen MR) is 135 cm³/mol. The van der Waals surface area contributed by atoms with Crippen LogP contribution in [0.4, 0.5) is 0 Å². The lowest BCUT2D eigenvalue weighted by molar-refractivity contribution is 0.429. The van der Waals surface area contributed by atoms with Gasteiger partial charge in [-0.1, -0.05) is 93.5 Å². The van der Waals surface area contributed by atoms with Crippen LogP contribution < -0.4 is 0 Å². The molecule has 2 aromatic carbocycles. The van der Waals surface area contributed by atoms with Crippen molar-refractivity contribution in [1.29, 1.82) is 0 Å². The molecule has 0 amide bonds. The van der Waals surface area contributed by atoms with E-state index in [-0.39, 0.29) is 22.2 Å². The molecule has 2 rings (SSSR count). The molecule has 2 aromatic rings. The zero-order valence-electron chi connectivity index (χ0n) is 21.5. The Morgan fingerprint density at radius 3 is 1.52 bits per heavy atom. The van der Waals surface area contributed by atoms with E-state index in [1.807, 2.05) is 19.1 Å². The molecule has 0 heterocycles. The summed E-state index contributed by atoms with van der Waals surface area (Å²) in [4.78, 5) is 0. The van der Waals surface area contributed by atoms with Crippen molar-refractivity contribution in [3.8, 4) is 11.5 Å². The third-order valence-electron chi connectivity index (χ3n) is 6.19. The second kappa shape index (κ2) is 8.04.